The van der Waals surface area contributed by atoms with Crippen molar-refractivity contribution in [3.63, 3.8) is 0 Å². The van der Waals surface area contributed by atoms with Crippen LogP contribution in [0.3, 0.4) is 0 Å². The third kappa shape index (κ3) is 3.73. The predicted octanol–water partition coefficient (Wildman–Crippen LogP) is 2.12. The molecule has 1 aliphatic rings. The highest BCUT2D eigenvalue weighted by Gasteiger charge is 2.24. The van der Waals surface area contributed by atoms with E-state index < -0.39 is 0 Å². The molecule has 0 spiro atoms. The molecule has 0 saturated carbocycles. The minimum absolute atomic E-state index is 0.119. The minimum atomic E-state index is 0.119. The van der Waals surface area contributed by atoms with Crippen LogP contribution in [-0.2, 0) is 0 Å². The van der Waals surface area contributed by atoms with Gasteiger partial charge in [-0.15, -0.1) is 5.10 Å². The van der Waals surface area contributed by atoms with Crippen LogP contribution >= 0.6 is 0 Å². The normalized spacial score (nSPS) is 14.6. The molecule has 0 radical (unpaired) electrons. The Morgan fingerprint density at radius 1 is 1.08 bits per heavy atom. The van der Waals surface area contributed by atoms with E-state index in [2.05, 4.69) is 15.1 Å². The van der Waals surface area contributed by atoms with Crippen LogP contribution in [0.4, 0.5) is 11.5 Å². The van der Waals surface area contributed by atoms with E-state index in [0.717, 1.165) is 41.3 Å². The van der Waals surface area contributed by atoms with Gasteiger partial charge in [-0.25, -0.2) is 0 Å². The van der Waals surface area contributed by atoms with Gasteiger partial charge in [-0.3, -0.25) is 4.79 Å². The van der Waals surface area contributed by atoms with E-state index in [1.54, 1.807) is 6.20 Å². The van der Waals surface area contributed by atoms with Gasteiger partial charge in [-0.1, -0.05) is 17.7 Å². The molecular formula is C19H25N5O. The average molecular weight is 339 g/mol. The largest absolute Gasteiger partial charge is 0.376 e. The summed E-state index contributed by atoms with van der Waals surface area (Å²) in [5, 5.41) is 8.34. The Labute approximate surface area is 149 Å². The molecule has 6 heteroatoms. The van der Waals surface area contributed by atoms with Gasteiger partial charge < -0.3 is 14.7 Å². The van der Waals surface area contributed by atoms with Crippen LogP contribution in [0, 0.1) is 13.8 Å². The van der Waals surface area contributed by atoms with E-state index in [9.17, 15) is 4.79 Å². The van der Waals surface area contributed by atoms with Crippen molar-refractivity contribution in [1.29, 1.82) is 0 Å². The predicted molar refractivity (Wildman–Crippen MR) is 100 cm³/mol. The van der Waals surface area contributed by atoms with Gasteiger partial charge in [0.1, 0.15) is 0 Å². The van der Waals surface area contributed by atoms with E-state index in [-0.39, 0.29) is 5.91 Å². The van der Waals surface area contributed by atoms with Crippen molar-refractivity contribution in [3.8, 4) is 0 Å². The summed E-state index contributed by atoms with van der Waals surface area (Å²) in [6, 6.07) is 8.08. The number of hydrogen-bond donors (Lipinski definition) is 0. The van der Waals surface area contributed by atoms with E-state index in [4.69, 9.17) is 0 Å². The number of aromatic nitrogens is 2. The number of hydrogen-bond acceptors (Lipinski definition) is 5. The maximum atomic E-state index is 12.8. The zero-order chi connectivity index (χ0) is 18.0. The van der Waals surface area contributed by atoms with Gasteiger partial charge in [0.25, 0.3) is 5.91 Å². The number of carbonyl (C=O) groups is 1. The Morgan fingerprint density at radius 2 is 1.80 bits per heavy atom. The number of aryl methyl sites for hydroxylation is 2. The van der Waals surface area contributed by atoms with Crippen molar-refractivity contribution < 1.29 is 4.79 Å². The molecule has 3 rings (SSSR count). The summed E-state index contributed by atoms with van der Waals surface area (Å²) in [5.41, 5.74) is 3.98. The molecule has 2 heterocycles. The second-order valence-electron chi connectivity index (χ2n) is 6.76. The Morgan fingerprint density at radius 3 is 2.48 bits per heavy atom. The lowest BCUT2D eigenvalue weighted by Gasteiger charge is -2.35. The van der Waals surface area contributed by atoms with E-state index in [1.165, 1.54) is 0 Å². The van der Waals surface area contributed by atoms with Gasteiger partial charge in [0, 0.05) is 51.9 Å². The van der Waals surface area contributed by atoms with E-state index in [1.807, 2.05) is 62.0 Å². The van der Waals surface area contributed by atoms with Crippen molar-refractivity contribution in [3.05, 3.63) is 47.2 Å². The molecule has 1 aromatic heterocycles. The molecule has 0 unspecified atom stereocenters. The van der Waals surface area contributed by atoms with Gasteiger partial charge in [0.15, 0.2) is 5.82 Å². The smallest absolute Gasteiger partial charge is 0.254 e. The van der Waals surface area contributed by atoms with Gasteiger partial charge in [0.2, 0.25) is 0 Å². The molecule has 1 aromatic carbocycles. The summed E-state index contributed by atoms with van der Waals surface area (Å²) in [6.07, 6.45) is 1.75. The number of benzene rings is 1. The standard InChI is InChI=1S/C19H25N5O/c1-14-5-6-15(2)17(11-14)19(25)24-9-7-23(8-10-24)18-12-16(22(3)4)13-20-21-18/h5-6,11-13H,7-10H2,1-4H3. The molecule has 1 aliphatic heterocycles. The molecule has 1 saturated heterocycles. The molecule has 132 valence electrons. The lowest BCUT2D eigenvalue weighted by Crippen LogP contribution is -2.49. The Bertz CT molecular complexity index is 766. The second kappa shape index (κ2) is 7.09. The third-order valence-corrected chi connectivity index (χ3v) is 4.66. The lowest BCUT2D eigenvalue weighted by molar-refractivity contribution is 0.0745. The summed E-state index contributed by atoms with van der Waals surface area (Å²) < 4.78 is 0. The zero-order valence-electron chi connectivity index (χ0n) is 15.4. The fourth-order valence-corrected chi connectivity index (χ4v) is 3.02. The summed E-state index contributed by atoms with van der Waals surface area (Å²) in [4.78, 5) is 19.0. The molecule has 0 N–H and O–H groups in total. The van der Waals surface area contributed by atoms with Crippen molar-refractivity contribution >= 4 is 17.4 Å². The van der Waals surface area contributed by atoms with Crippen molar-refractivity contribution in [2.75, 3.05) is 50.1 Å². The van der Waals surface area contributed by atoms with Crippen molar-refractivity contribution in [2.45, 2.75) is 13.8 Å². The van der Waals surface area contributed by atoms with Gasteiger partial charge >= 0.3 is 0 Å². The molecule has 2 aromatic rings. The number of rotatable bonds is 3. The fourth-order valence-electron chi connectivity index (χ4n) is 3.02. The highest BCUT2D eigenvalue weighted by atomic mass is 16.2. The third-order valence-electron chi connectivity index (χ3n) is 4.66. The van der Waals surface area contributed by atoms with E-state index in [0.29, 0.717) is 13.1 Å². The van der Waals surface area contributed by atoms with Gasteiger partial charge in [0.05, 0.1) is 11.9 Å². The molecule has 25 heavy (non-hydrogen) atoms. The first kappa shape index (κ1) is 17.2. The van der Waals surface area contributed by atoms with Crippen LogP contribution < -0.4 is 9.80 Å². The van der Waals surface area contributed by atoms with Crippen molar-refractivity contribution in [1.82, 2.24) is 15.1 Å². The van der Waals surface area contributed by atoms with E-state index >= 15 is 0 Å². The number of carbonyl (C=O) groups excluding carboxylic acids is 1. The quantitative estimate of drug-likeness (QED) is 0.857. The first-order valence-corrected chi connectivity index (χ1v) is 8.57. The molecule has 6 nitrogen and oxygen atoms in total. The highest BCUT2D eigenvalue weighted by molar-refractivity contribution is 5.96. The Hall–Kier alpha value is -2.63. The summed E-state index contributed by atoms with van der Waals surface area (Å²) in [7, 11) is 3.98. The minimum Gasteiger partial charge on any atom is -0.376 e. The van der Waals surface area contributed by atoms with Crippen LogP contribution in [0.2, 0.25) is 0 Å². The summed E-state index contributed by atoms with van der Waals surface area (Å²) in [6.45, 7) is 6.93. The zero-order valence-corrected chi connectivity index (χ0v) is 15.4. The van der Waals surface area contributed by atoms with Gasteiger partial charge in [-0.05, 0) is 25.5 Å². The SMILES string of the molecule is Cc1ccc(C)c(C(=O)N2CCN(c3cc(N(C)C)cnn3)CC2)c1. The van der Waals surface area contributed by atoms with Crippen LogP contribution in [-0.4, -0.2) is 61.3 Å². The molecule has 1 fully saturated rings. The number of piperazine rings is 1. The molecular weight excluding hydrogens is 314 g/mol. The fraction of sp³-hybridized carbons (Fsp3) is 0.421. The summed E-state index contributed by atoms with van der Waals surface area (Å²) in [5.74, 6) is 0.985. The molecule has 0 atom stereocenters. The monoisotopic (exact) mass is 339 g/mol. The Balaban J connectivity index is 1.68. The number of amides is 1. The van der Waals surface area contributed by atoms with Crippen LogP contribution in [0.15, 0.2) is 30.5 Å². The maximum Gasteiger partial charge on any atom is 0.254 e. The maximum absolute atomic E-state index is 12.8. The first-order valence-electron chi connectivity index (χ1n) is 8.57. The van der Waals surface area contributed by atoms with Crippen molar-refractivity contribution in [2.24, 2.45) is 0 Å². The molecule has 0 bridgehead atoms. The first-order chi connectivity index (χ1) is 12.0. The Kier molecular flexibility index (Phi) is 4.88. The topological polar surface area (TPSA) is 52.6 Å². The summed E-state index contributed by atoms with van der Waals surface area (Å²) >= 11 is 0. The average Bonchev–Trinajstić information content (AvgIpc) is 2.63. The lowest BCUT2D eigenvalue weighted by atomic mass is 10.0. The van der Waals surface area contributed by atoms with Crippen LogP contribution in [0.5, 0.6) is 0 Å². The number of anilines is 2. The second-order valence-corrected chi connectivity index (χ2v) is 6.76. The highest BCUT2D eigenvalue weighted by Crippen LogP contribution is 2.20. The van der Waals surface area contributed by atoms with Crippen LogP contribution in [0.25, 0.3) is 0 Å². The number of nitrogens with zero attached hydrogens (tertiary/aromatic N) is 5. The van der Waals surface area contributed by atoms with Gasteiger partial charge in [-0.2, -0.15) is 5.10 Å². The molecule has 1 amide bonds. The molecule has 0 aliphatic carbocycles. The van der Waals surface area contributed by atoms with Crippen LogP contribution in [0.1, 0.15) is 21.5 Å².